The Balaban J connectivity index is 1.77. The summed E-state index contributed by atoms with van der Waals surface area (Å²) < 4.78 is 2.38. The summed E-state index contributed by atoms with van der Waals surface area (Å²) in [5.41, 5.74) is 5.85. The van der Waals surface area contributed by atoms with Gasteiger partial charge in [0, 0.05) is 14.9 Å². The molecule has 2 aromatic carbocycles. The number of hydrogen-bond donors (Lipinski definition) is 0. The molecule has 2 heteroatoms. The van der Waals surface area contributed by atoms with Gasteiger partial charge in [-0.15, -0.1) is 0 Å². The maximum Gasteiger partial charge on any atom is 0.0178 e. The van der Waals surface area contributed by atoms with Crippen molar-refractivity contribution in [3.63, 3.8) is 0 Å². The molecule has 0 aromatic heterocycles. The molecule has 122 valence electrons. The summed E-state index contributed by atoms with van der Waals surface area (Å²) in [6.45, 7) is 2.28. The van der Waals surface area contributed by atoms with E-state index in [1.807, 2.05) is 0 Å². The fraction of sp³-hybridized carbons (Fsp3) is 0.429. The van der Waals surface area contributed by atoms with E-state index in [9.17, 15) is 0 Å². The van der Waals surface area contributed by atoms with Crippen LogP contribution in [0.3, 0.4) is 0 Å². The molecule has 0 fully saturated rings. The van der Waals surface area contributed by atoms with Crippen molar-refractivity contribution in [1.29, 1.82) is 0 Å². The van der Waals surface area contributed by atoms with Gasteiger partial charge in [0.15, 0.2) is 0 Å². The first-order chi connectivity index (χ1) is 11.2. The monoisotopic (exact) mass is 434 g/mol. The molecule has 0 amide bonds. The molecule has 0 saturated carbocycles. The molecule has 2 aromatic rings. The molecule has 0 spiro atoms. The van der Waals surface area contributed by atoms with Crippen molar-refractivity contribution >= 4 is 31.9 Å². The number of unbranched alkanes of at least 4 members (excludes halogenated alkanes) is 5. The van der Waals surface area contributed by atoms with Gasteiger partial charge in [0.1, 0.15) is 0 Å². The molecule has 1 aliphatic rings. The van der Waals surface area contributed by atoms with E-state index in [1.54, 1.807) is 0 Å². The second kappa shape index (κ2) is 7.98. The first kappa shape index (κ1) is 17.2. The van der Waals surface area contributed by atoms with Crippen LogP contribution in [0.5, 0.6) is 0 Å². The molecular formula is C21H24Br2. The minimum Gasteiger partial charge on any atom is -0.0654 e. The molecule has 0 nitrogen and oxygen atoms in total. The van der Waals surface area contributed by atoms with Crippen LogP contribution >= 0.6 is 31.9 Å². The molecule has 0 saturated heterocycles. The summed E-state index contributed by atoms with van der Waals surface area (Å²) >= 11 is 7.31. The topological polar surface area (TPSA) is 0 Å². The zero-order valence-electron chi connectivity index (χ0n) is 13.7. The smallest absolute Gasteiger partial charge is 0.0178 e. The molecule has 0 aliphatic heterocycles. The number of rotatable bonds is 7. The summed E-state index contributed by atoms with van der Waals surface area (Å²) in [4.78, 5) is 0. The fourth-order valence-electron chi connectivity index (χ4n) is 3.74. The summed E-state index contributed by atoms with van der Waals surface area (Å²) in [5, 5.41) is 0. The van der Waals surface area contributed by atoms with Crippen molar-refractivity contribution in [1.82, 2.24) is 0 Å². The van der Waals surface area contributed by atoms with Crippen LogP contribution in [0.4, 0.5) is 0 Å². The van der Waals surface area contributed by atoms with Gasteiger partial charge in [0.05, 0.1) is 0 Å². The Morgan fingerprint density at radius 1 is 0.739 bits per heavy atom. The predicted molar refractivity (Wildman–Crippen MR) is 107 cm³/mol. The van der Waals surface area contributed by atoms with Crippen LogP contribution < -0.4 is 0 Å². The van der Waals surface area contributed by atoms with Gasteiger partial charge in [-0.1, -0.05) is 89.4 Å². The van der Waals surface area contributed by atoms with Crippen molar-refractivity contribution in [2.45, 2.75) is 57.8 Å². The van der Waals surface area contributed by atoms with E-state index in [-0.39, 0.29) is 0 Å². The lowest BCUT2D eigenvalue weighted by molar-refractivity contribution is 0.571. The average molecular weight is 436 g/mol. The van der Waals surface area contributed by atoms with Crippen LogP contribution in [0.15, 0.2) is 45.3 Å². The highest BCUT2D eigenvalue weighted by molar-refractivity contribution is 9.10. The van der Waals surface area contributed by atoms with Gasteiger partial charge in [-0.25, -0.2) is 0 Å². The summed E-state index contributed by atoms with van der Waals surface area (Å²) in [5.74, 6) is 0.557. The third-order valence-electron chi connectivity index (χ3n) is 4.91. The zero-order chi connectivity index (χ0) is 16.2. The van der Waals surface area contributed by atoms with Gasteiger partial charge in [-0.2, -0.15) is 0 Å². The Morgan fingerprint density at radius 3 is 1.83 bits per heavy atom. The maximum absolute atomic E-state index is 3.65. The molecule has 0 radical (unpaired) electrons. The molecule has 0 N–H and O–H groups in total. The van der Waals surface area contributed by atoms with E-state index >= 15 is 0 Å². The van der Waals surface area contributed by atoms with Gasteiger partial charge in [-0.3, -0.25) is 0 Å². The van der Waals surface area contributed by atoms with Gasteiger partial charge in [0.2, 0.25) is 0 Å². The van der Waals surface area contributed by atoms with E-state index in [0.717, 1.165) is 0 Å². The highest BCUT2D eigenvalue weighted by Crippen LogP contribution is 2.48. The predicted octanol–water partition coefficient (Wildman–Crippen LogP) is 8.07. The Hall–Kier alpha value is -0.600. The first-order valence-corrected chi connectivity index (χ1v) is 10.4. The largest absolute Gasteiger partial charge is 0.0654 e. The number of hydrogen-bond acceptors (Lipinski definition) is 0. The minimum absolute atomic E-state index is 0.557. The Labute approximate surface area is 157 Å². The molecule has 0 unspecified atom stereocenters. The lowest BCUT2D eigenvalue weighted by Gasteiger charge is -2.14. The second-order valence-corrected chi connectivity index (χ2v) is 8.40. The molecule has 1 aliphatic carbocycles. The maximum atomic E-state index is 3.65. The molecule has 3 rings (SSSR count). The van der Waals surface area contributed by atoms with E-state index in [2.05, 4.69) is 75.2 Å². The van der Waals surface area contributed by atoms with Gasteiger partial charge >= 0.3 is 0 Å². The molecule has 0 atom stereocenters. The SMILES string of the molecule is CCCCCCCCC1c2cc(Br)ccc2-c2ccc(Br)cc21. The lowest BCUT2D eigenvalue weighted by atomic mass is 9.91. The van der Waals surface area contributed by atoms with Crippen LogP contribution in [0.2, 0.25) is 0 Å². The van der Waals surface area contributed by atoms with Crippen LogP contribution in [0.25, 0.3) is 11.1 Å². The van der Waals surface area contributed by atoms with E-state index < -0.39 is 0 Å². The van der Waals surface area contributed by atoms with Crippen molar-refractivity contribution < 1.29 is 0 Å². The molecule has 23 heavy (non-hydrogen) atoms. The van der Waals surface area contributed by atoms with Gasteiger partial charge in [-0.05, 0) is 52.9 Å². The van der Waals surface area contributed by atoms with Gasteiger partial charge < -0.3 is 0 Å². The highest BCUT2D eigenvalue weighted by Gasteiger charge is 2.28. The average Bonchev–Trinajstić information content (AvgIpc) is 2.83. The molecule has 0 heterocycles. The van der Waals surface area contributed by atoms with Crippen LogP contribution in [0.1, 0.15) is 68.9 Å². The van der Waals surface area contributed by atoms with Crippen LogP contribution in [-0.4, -0.2) is 0 Å². The number of benzene rings is 2. The number of halogens is 2. The summed E-state index contributed by atoms with van der Waals surface area (Å²) in [6, 6.07) is 13.5. The van der Waals surface area contributed by atoms with Gasteiger partial charge in [0.25, 0.3) is 0 Å². The third kappa shape index (κ3) is 3.91. The number of fused-ring (bicyclic) bond motifs is 3. The minimum atomic E-state index is 0.557. The lowest BCUT2D eigenvalue weighted by Crippen LogP contribution is -1.97. The Morgan fingerprint density at radius 2 is 1.26 bits per heavy atom. The van der Waals surface area contributed by atoms with Crippen molar-refractivity contribution in [2.75, 3.05) is 0 Å². The van der Waals surface area contributed by atoms with E-state index in [4.69, 9.17) is 0 Å². The van der Waals surface area contributed by atoms with Crippen LogP contribution in [0, 0.1) is 0 Å². The van der Waals surface area contributed by atoms with Crippen molar-refractivity contribution in [3.05, 3.63) is 56.5 Å². The highest BCUT2D eigenvalue weighted by atomic mass is 79.9. The van der Waals surface area contributed by atoms with E-state index in [1.165, 1.54) is 76.1 Å². The Kier molecular flexibility index (Phi) is 5.98. The quantitative estimate of drug-likeness (QED) is 0.385. The third-order valence-corrected chi connectivity index (χ3v) is 5.90. The first-order valence-electron chi connectivity index (χ1n) is 8.80. The standard InChI is InChI=1S/C21H24Br2/c1-2-3-4-5-6-7-8-17-20-13-15(22)9-11-18(20)19-12-10-16(23)14-21(17)19/h9-14,17H,2-8H2,1H3. The Bertz CT molecular complexity index is 624. The normalized spacial score (nSPS) is 13.2. The van der Waals surface area contributed by atoms with Crippen molar-refractivity contribution in [2.24, 2.45) is 0 Å². The van der Waals surface area contributed by atoms with Crippen molar-refractivity contribution in [3.8, 4) is 11.1 Å². The zero-order valence-corrected chi connectivity index (χ0v) is 16.9. The molecular weight excluding hydrogens is 412 g/mol. The van der Waals surface area contributed by atoms with Crippen LogP contribution in [-0.2, 0) is 0 Å². The molecule has 0 bridgehead atoms. The second-order valence-electron chi connectivity index (χ2n) is 6.57. The van der Waals surface area contributed by atoms with E-state index in [0.29, 0.717) is 5.92 Å². The summed E-state index contributed by atoms with van der Waals surface area (Å²) in [6.07, 6.45) is 9.44. The fourth-order valence-corrected chi connectivity index (χ4v) is 4.50. The summed E-state index contributed by atoms with van der Waals surface area (Å²) in [7, 11) is 0.